The maximum absolute atomic E-state index is 12.9. The van der Waals surface area contributed by atoms with E-state index in [1.54, 1.807) is 35.0 Å². The van der Waals surface area contributed by atoms with E-state index in [2.05, 4.69) is 0 Å². The van der Waals surface area contributed by atoms with Gasteiger partial charge in [-0.2, -0.15) is 0 Å². The Labute approximate surface area is 152 Å². The molecular weight excluding hydrogens is 338 g/mol. The minimum Gasteiger partial charge on any atom is -0.491 e. The van der Waals surface area contributed by atoms with Gasteiger partial charge >= 0.3 is 6.09 Å². The van der Waals surface area contributed by atoms with E-state index >= 15 is 0 Å². The topological polar surface area (TPSA) is 79.4 Å². The average Bonchev–Trinajstić information content (AvgIpc) is 2.98. The molecule has 1 aromatic rings. The largest absolute Gasteiger partial charge is 0.491 e. The lowest BCUT2D eigenvalue weighted by Gasteiger charge is -2.23. The molecule has 26 heavy (non-hydrogen) atoms. The van der Waals surface area contributed by atoms with Crippen molar-refractivity contribution in [3.63, 3.8) is 0 Å². The van der Waals surface area contributed by atoms with Gasteiger partial charge in [0.05, 0.1) is 25.8 Å². The summed E-state index contributed by atoms with van der Waals surface area (Å²) in [5, 5.41) is 0. The third-order valence-corrected chi connectivity index (χ3v) is 4.73. The zero-order chi connectivity index (χ0) is 18.7. The molecule has 3 amide bonds. The molecule has 0 bridgehead atoms. The van der Waals surface area contributed by atoms with Crippen LogP contribution >= 0.6 is 0 Å². The van der Waals surface area contributed by atoms with Crippen molar-refractivity contribution in [3.8, 4) is 5.75 Å². The van der Waals surface area contributed by atoms with Crippen LogP contribution in [0.4, 0.5) is 10.5 Å². The normalized spacial score (nSPS) is 17.8. The van der Waals surface area contributed by atoms with Crippen LogP contribution < -0.4 is 9.64 Å². The van der Waals surface area contributed by atoms with Crippen molar-refractivity contribution < 1.29 is 23.9 Å². The molecule has 0 radical (unpaired) electrons. The van der Waals surface area contributed by atoms with Gasteiger partial charge in [0.25, 0.3) is 5.91 Å². The summed E-state index contributed by atoms with van der Waals surface area (Å²) in [6.07, 6.45) is 0.624. The number of ether oxygens (including phenoxy) is 2. The highest BCUT2D eigenvalue weighted by Gasteiger charge is 2.25. The van der Waals surface area contributed by atoms with Crippen LogP contribution in [0.15, 0.2) is 18.2 Å². The number of benzene rings is 1. The molecule has 0 aromatic heterocycles. The number of methoxy groups -OCH3 is 1. The Kier molecular flexibility index (Phi) is 5.29. The van der Waals surface area contributed by atoms with Gasteiger partial charge in [-0.1, -0.05) is 0 Å². The van der Waals surface area contributed by atoms with Crippen molar-refractivity contribution in [3.05, 3.63) is 23.8 Å². The maximum Gasteiger partial charge on any atom is 0.409 e. The van der Waals surface area contributed by atoms with Crippen molar-refractivity contribution in [1.29, 1.82) is 0 Å². The van der Waals surface area contributed by atoms with E-state index in [0.717, 1.165) is 0 Å². The number of fused-ring (bicyclic) bond motifs is 1. The first-order chi connectivity index (χ1) is 12.5. The fourth-order valence-corrected chi connectivity index (χ4v) is 3.20. The van der Waals surface area contributed by atoms with Crippen LogP contribution in [-0.4, -0.2) is 74.7 Å². The van der Waals surface area contributed by atoms with Crippen LogP contribution in [0.25, 0.3) is 0 Å². The molecule has 1 aromatic carbocycles. The summed E-state index contributed by atoms with van der Waals surface area (Å²) in [6.45, 7) is 2.33. The molecule has 0 atom stereocenters. The summed E-state index contributed by atoms with van der Waals surface area (Å²) in [7, 11) is 3.04. The Bertz CT molecular complexity index is 721. The predicted molar refractivity (Wildman–Crippen MR) is 94.5 cm³/mol. The SMILES string of the molecule is COC(=O)N1CCCN(C(=O)c2ccc3c(c2)N(C)C(=O)CCO3)CC1. The molecule has 0 N–H and O–H groups in total. The lowest BCUT2D eigenvalue weighted by Crippen LogP contribution is -2.37. The summed E-state index contributed by atoms with van der Waals surface area (Å²) in [5.41, 5.74) is 1.10. The van der Waals surface area contributed by atoms with Crippen molar-refractivity contribution in [2.24, 2.45) is 0 Å². The second-order valence-corrected chi connectivity index (χ2v) is 6.34. The number of carbonyl (C=O) groups is 3. The average molecular weight is 361 g/mol. The highest BCUT2D eigenvalue weighted by molar-refractivity contribution is 5.99. The Morgan fingerprint density at radius 1 is 1.12 bits per heavy atom. The highest BCUT2D eigenvalue weighted by atomic mass is 16.5. The van der Waals surface area contributed by atoms with Crippen molar-refractivity contribution in [2.45, 2.75) is 12.8 Å². The maximum atomic E-state index is 12.9. The Balaban J connectivity index is 1.77. The monoisotopic (exact) mass is 361 g/mol. The van der Waals surface area contributed by atoms with E-state index in [1.807, 2.05) is 0 Å². The van der Waals surface area contributed by atoms with Gasteiger partial charge in [0.15, 0.2) is 0 Å². The van der Waals surface area contributed by atoms with Gasteiger partial charge in [0.2, 0.25) is 5.91 Å². The summed E-state index contributed by atoms with van der Waals surface area (Å²) in [5.74, 6) is 0.434. The molecule has 2 aliphatic heterocycles. The molecular formula is C18H23N3O5. The smallest absolute Gasteiger partial charge is 0.409 e. The molecule has 2 aliphatic rings. The molecule has 0 aliphatic carbocycles. The predicted octanol–water partition coefficient (Wildman–Crippen LogP) is 1.35. The number of rotatable bonds is 1. The summed E-state index contributed by atoms with van der Waals surface area (Å²) in [4.78, 5) is 41.5. The number of hydrogen-bond donors (Lipinski definition) is 0. The van der Waals surface area contributed by atoms with Gasteiger partial charge in [-0.05, 0) is 24.6 Å². The molecule has 8 heteroatoms. The molecule has 8 nitrogen and oxygen atoms in total. The van der Waals surface area contributed by atoms with Gasteiger partial charge in [-0.15, -0.1) is 0 Å². The van der Waals surface area contributed by atoms with E-state index in [-0.39, 0.29) is 17.9 Å². The molecule has 3 rings (SSSR count). The van der Waals surface area contributed by atoms with Crippen LogP contribution in [0.2, 0.25) is 0 Å². The zero-order valence-electron chi connectivity index (χ0n) is 15.1. The fraction of sp³-hybridized carbons (Fsp3) is 0.500. The summed E-state index contributed by atoms with van der Waals surface area (Å²) >= 11 is 0. The second kappa shape index (κ2) is 7.63. The van der Waals surface area contributed by atoms with Crippen LogP contribution in [-0.2, 0) is 9.53 Å². The number of hydrogen-bond acceptors (Lipinski definition) is 5. The fourth-order valence-electron chi connectivity index (χ4n) is 3.20. The standard InChI is InChI=1S/C18H23N3O5/c1-19-14-12-13(4-5-15(14)26-11-6-16(19)22)17(23)20-7-3-8-21(10-9-20)18(24)25-2/h4-5,12H,3,6-11H2,1-2H3. The van der Waals surface area contributed by atoms with E-state index in [4.69, 9.17) is 9.47 Å². The quantitative estimate of drug-likeness (QED) is 0.754. The van der Waals surface area contributed by atoms with Crippen LogP contribution in [0, 0.1) is 0 Å². The first-order valence-electron chi connectivity index (χ1n) is 8.67. The molecule has 1 fully saturated rings. The van der Waals surface area contributed by atoms with E-state index < -0.39 is 0 Å². The first-order valence-corrected chi connectivity index (χ1v) is 8.67. The van der Waals surface area contributed by atoms with Crippen molar-refractivity contribution in [1.82, 2.24) is 9.80 Å². The Hall–Kier alpha value is -2.77. The molecule has 2 heterocycles. The van der Waals surface area contributed by atoms with Crippen LogP contribution in [0.5, 0.6) is 5.75 Å². The van der Waals surface area contributed by atoms with Crippen LogP contribution in [0.1, 0.15) is 23.2 Å². The van der Waals surface area contributed by atoms with Gasteiger partial charge in [-0.25, -0.2) is 4.79 Å². The Morgan fingerprint density at radius 3 is 2.62 bits per heavy atom. The number of carbonyl (C=O) groups excluding carboxylic acids is 3. The lowest BCUT2D eigenvalue weighted by atomic mass is 10.1. The molecule has 0 saturated carbocycles. The number of amides is 3. The van der Waals surface area contributed by atoms with Crippen molar-refractivity contribution in [2.75, 3.05) is 51.8 Å². The van der Waals surface area contributed by atoms with Crippen molar-refractivity contribution >= 4 is 23.6 Å². The molecule has 1 saturated heterocycles. The van der Waals surface area contributed by atoms with E-state index in [9.17, 15) is 14.4 Å². The van der Waals surface area contributed by atoms with Crippen LogP contribution in [0.3, 0.4) is 0 Å². The first kappa shape index (κ1) is 18.0. The third-order valence-electron chi connectivity index (χ3n) is 4.73. The number of nitrogens with zero attached hydrogens (tertiary/aromatic N) is 3. The molecule has 140 valence electrons. The second-order valence-electron chi connectivity index (χ2n) is 6.34. The summed E-state index contributed by atoms with van der Waals surface area (Å²) in [6, 6.07) is 5.15. The molecule has 0 spiro atoms. The van der Waals surface area contributed by atoms with Gasteiger partial charge in [-0.3, -0.25) is 9.59 Å². The lowest BCUT2D eigenvalue weighted by molar-refractivity contribution is -0.118. The number of anilines is 1. The molecule has 0 unspecified atom stereocenters. The van der Waals surface area contributed by atoms with E-state index in [1.165, 1.54) is 12.0 Å². The van der Waals surface area contributed by atoms with E-state index in [0.29, 0.717) is 62.6 Å². The van der Waals surface area contributed by atoms with Gasteiger partial charge < -0.3 is 24.2 Å². The Morgan fingerprint density at radius 2 is 1.85 bits per heavy atom. The van der Waals surface area contributed by atoms with Gasteiger partial charge in [0.1, 0.15) is 5.75 Å². The third kappa shape index (κ3) is 3.58. The highest BCUT2D eigenvalue weighted by Crippen LogP contribution is 2.32. The minimum absolute atomic E-state index is 0.0446. The summed E-state index contributed by atoms with van der Waals surface area (Å²) < 4.78 is 10.4. The zero-order valence-corrected chi connectivity index (χ0v) is 15.1. The minimum atomic E-state index is -0.374. The van der Waals surface area contributed by atoms with Gasteiger partial charge in [0, 0.05) is 38.8 Å².